The fourth-order valence-corrected chi connectivity index (χ4v) is 2.53. The molecule has 0 atom stereocenters. The average Bonchev–Trinajstić information content (AvgIpc) is 3.00. The predicted molar refractivity (Wildman–Crippen MR) is 93.1 cm³/mol. The first-order chi connectivity index (χ1) is 11.6. The van der Waals surface area contributed by atoms with E-state index in [0.29, 0.717) is 16.4 Å². The van der Waals surface area contributed by atoms with Gasteiger partial charge in [-0.1, -0.05) is 41.9 Å². The highest BCUT2D eigenvalue weighted by Crippen LogP contribution is 2.20. The molecule has 7 heteroatoms. The van der Waals surface area contributed by atoms with Crippen molar-refractivity contribution in [1.82, 2.24) is 15.1 Å². The highest BCUT2D eigenvalue weighted by molar-refractivity contribution is 6.33. The molecule has 2 aromatic carbocycles. The monoisotopic (exact) mass is 342 g/mol. The van der Waals surface area contributed by atoms with Gasteiger partial charge in [-0.15, -0.1) is 0 Å². The standard InChI is InChI=1S/C17H15ClN4O2/c1-22(10-15(23)19-14-9-5-3-7-12(14)18)17(24)16-11-6-2-4-8-13(11)20-21-16/h2-9H,10H2,1H3,(H,19,23)(H,20,21). The van der Waals surface area contributed by atoms with Crippen LogP contribution >= 0.6 is 11.6 Å². The fourth-order valence-electron chi connectivity index (χ4n) is 2.35. The summed E-state index contributed by atoms with van der Waals surface area (Å²) in [7, 11) is 1.55. The normalized spacial score (nSPS) is 10.6. The van der Waals surface area contributed by atoms with Gasteiger partial charge < -0.3 is 10.2 Å². The molecule has 1 aromatic heterocycles. The smallest absolute Gasteiger partial charge is 0.275 e. The third-order valence-corrected chi connectivity index (χ3v) is 3.88. The number of halogens is 1. The van der Waals surface area contributed by atoms with E-state index in [4.69, 9.17) is 11.6 Å². The van der Waals surface area contributed by atoms with Crippen molar-refractivity contribution in [3.8, 4) is 0 Å². The summed E-state index contributed by atoms with van der Waals surface area (Å²) in [5, 5.41) is 10.7. The molecule has 0 aliphatic heterocycles. The van der Waals surface area contributed by atoms with Crippen molar-refractivity contribution in [1.29, 1.82) is 0 Å². The number of rotatable bonds is 4. The van der Waals surface area contributed by atoms with Gasteiger partial charge in [-0.25, -0.2) is 0 Å². The van der Waals surface area contributed by atoms with Gasteiger partial charge in [0.25, 0.3) is 5.91 Å². The van der Waals surface area contributed by atoms with E-state index in [9.17, 15) is 9.59 Å². The van der Waals surface area contributed by atoms with Gasteiger partial charge in [-0.3, -0.25) is 14.7 Å². The lowest BCUT2D eigenvalue weighted by Gasteiger charge is -2.16. The van der Waals surface area contributed by atoms with Gasteiger partial charge in [0.15, 0.2) is 5.69 Å². The van der Waals surface area contributed by atoms with Gasteiger partial charge in [0, 0.05) is 12.4 Å². The first kappa shape index (κ1) is 16.0. The van der Waals surface area contributed by atoms with E-state index < -0.39 is 0 Å². The molecule has 0 saturated heterocycles. The van der Waals surface area contributed by atoms with Crippen LogP contribution in [0.25, 0.3) is 10.9 Å². The number of aromatic amines is 1. The summed E-state index contributed by atoms with van der Waals surface area (Å²) in [6.07, 6.45) is 0. The minimum absolute atomic E-state index is 0.106. The summed E-state index contributed by atoms with van der Waals surface area (Å²) in [5.74, 6) is -0.666. The lowest BCUT2D eigenvalue weighted by atomic mass is 10.2. The first-order valence-corrected chi connectivity index (χ1v) is 7.67. The number of hydrogen-bond donors (Lipinski definition) is 2. The van der Waals surface area contributed by atoms with Gasteiger partial charge in [0.1, 0.15) is 0 Å². The summed E-state index contributed by atoms with van der Waals surface area (Å²) < 4.78 is 0. The molecule has 0 fully saturated rings. The maximum Gasteiger partial charge on any atom is 0.275 e. The lowest BCUT2D eigenvalue weighted by Crippen LogP contribution is -2.35. The Morgan fingerprint density at radius 2 is 1.88 bits per heavy atom. The van der Waals surface area contributed by atoms with Crippen LogP contribution < -0.4 is 5.32 Å². The van der Waals surface area contributed by atoms with Crippen LogP contribution in [0.15, 0.2) is 48.5 Å². The number of hydrogen-bond acceptors (Lipinski definition) is 3. The third kappa shape index (κ3) is 3.23. The molecular weight excluding hydrogens is 328 g/mol. The van der Waals surface area contributed by atoms with E-state index in [2.05, 4.69) is 15.5 Å². The largest absolute Gasteiger partial charge is 0.331 e. The zero-order valence-electron chi connectivity index (χ0n) is 12.9. The number of nitrogens with one attached hydrogen (secondary N) is 2. The van der Waals surface area contributed by atoms with Gasteiger partial charge in [0.05, 0.1) is 22.8 Å². The number of likely N-dealkylation sites (N-methyl/N-ethyl adjacent to an activating group) is 1. The van der Waals surface area contributed by atoms with Crippen molar-refractivity contribution in [2.24, 2.45) is 0 Å². The molecule has 122 valence electrons. The number of H-pyrrole nitrogens is 1. The number of anilines is 1. The number of para-hydroxylation sites is 2. The van der Waals surface area contributed by atoms with Crippen LogP contribution in [0.5, 0.6) is 0 Å². The molecular formula is C17H15ClN4O2. The van der Waals surface area contributed by atoms with E-state index in [1.807, 2.05) is 24.3 Å². The van der Waals surface area contributed by atoms with E-state index in [1.54, 1.807) is 31.3 Å². The van der Waals surface area contributed by atoms with E-state index in [1.165, 1.54) is 4.90 Å². The Labute approximate surface area is 143 Å². The quantitative estimate of drug-likeness (QED) is 0.765. The molecule has 0 unspecified atom stereocenters. The van der Waals surface area contributed by atoms with Gasteiger partial charge in [-0.05, 0) is 18.2 Å². The zero-order valence-corrected chi connectivity index (χ0v) is 13.7. The zero-order chi connectivity index (χ0) is 17.1. The second kappa shape index (κ2) is 6.72. The van der Waals surface area contributed by atoms with Crippen molar-refractivity contribution < 1.29 is 9.59 Å². The maximum atomic E-state index is 12.5. The van der Waals surface area contributed by atoms with Gasteiger partial charge >= 0.3 is 0 Å². The van der Waals surface area contributed by atoms with Crippen LogP contribution in [0.1, 0.15) is 10.5 Å². The van der Waals surface area contributed by atoms with Crippen LogP contribution in [-0.2, 0) is 4.79 Å². The highest BCUT2D eigenvalue weighted by atomic mass is 35.5. The molecule has 6 nitrogen and oxygen atoms in total. The fraction of sp³-hybridized carbons (Fsp3) is 0.118. The van der Waals surface area contributed by atoms with Gasteiger partial charge in [0.2, 0.25) is 5.91 Å². The van der Waals surface area contributed by atoms with E-state index in [0.717, 1.165) is 10.9 Å². The highest BCUT2D eigenvalue weighted by Gasteiger charge is 2.20. The topological polar surface area (TPSA) is 78.1 Å². The number of aromatic nitrogens is 2. The molecule has 24 heavy (non-hydrogen) atoms. The molecule has 0 aliphatic rings. The van der Waals surface area contributed by atoms with E-state index >= 15 is 0 Å². The Morgan fingerprint density at radius 3 is 2.67 bits per heavy atom. The SMILES string of the molecule is CN(CC(=O)Nc1ccccc1Cl)C(=O)c1n[nH]c2ccccc12. The Balaban J connectivity index is 1.70. The Kier molecular flexibility index (Phi) is 4.48. The van der Waals surface area contributed by atoms with Crippen LogP contribution in [0.2, 0.25) is 5.02 Å². The summed E-state index contributed by atoms with van der Waals surface area (Å²) in [6.45, 7) is -0.106. The molecule has 2 N–H and O–H groups in total. The molecule has 0 saturated carbocycles. The Morgan fingerprint density at radius 1 is 1.17 bits per heavy atom. The summed E-state index contributed by atoms with van der Waals surface area (Å²) in [6, 6.07) is 14.3. The summed E-state index contributed by atoms with van der Waals surface area (Å²) >= 11 is 6.00. The molecule has 3 rings (SSSR count). The maximum absolute atomic E-state index is 12.5. The third-order valence-electron chi connectivity index (χ3n) is 3.55. The van der Waals surface area contributed by atoms with Crippen LogP contribution in [0, 0.1) is 0 Å². The number of benzene rings is 2. The van der Waals surface area contributed by atoms with Gasteiger partial charge in [-0.2, -0.15) is 5.10 Å². The van der Waals surface area contributed by atoms with Crippen molar-refractivity contribution >= 4 is 40.0 Å². The summed E-state index contributed by atoms with van der Waals surface area (Å²) in [4.78, 5) is 25.9. The van der Waals surface area contributed by atoms with Crippen molar-refractivity contribution in [3.63, 3.8) is 0 Å². The van der Waals surface area contributed by atoms with Crippen LogP contribution in [0.4, 0.5) is 5.69 Å². The summed E-state index contributed by atoms with van der Waals surface area (Å²) in [5.41, 5.74) is 1.57. The van der Waals surface area contributed by atoms with Crippen molar-refractivity contribution in [3.05, 3.63) is 59.2 Å². The van der Waals surface area contributed by atoms with Crippen LogP contribution in [-0.4, -0.2) is 40.5 Å². The molecule has 3 aromatic rings. The number of carbonyl (C=O) groups excluding carboxylic acids is 2. The Hall–Kier alpha value is -2.86. The Bertz CT molecular complexity index is 906. The molecule has 0 radical (unpaired) electrons. The average molecular weight is 343 g/mol. The van der Waals surface area contributed by atoms with Crippen molar-refractivity contribution in [2.75, 3.05) is 18.9 Å². The van der Waals surface area contributed by atoms with Crippen LogP contribution in [0.3, 0.4) is 0 Å². The number of amides is 2. The lowest BCUT2D eigenvalue weighted by molar-refractivity contribution is -0.116. The minimum Gasteiger partial charge on any atom is -0.331 e. The molecule has 0 spiro atoms. The van der Waals surface area contributed by atoms with Crippen molar-refractivity contribution in [2.45, 2.75) is 0 Å². The predicted octanol–water partition coefficient (Wildman–Crippen LogP) is 2.93. The minimum atomic E-state index is -0.334. The molecule has 0 aliphatic carbocycles. The second-order valence-corrected chi connectivity index (χ2v) is 5.71. The molecule has 1 heterocycles. The number of carbonyl (C=O) groups is 2. The second-order valence-electron chi connectivity index (χ2n) is 5.31. The first-order valence-electron chi connectivity index (χ1n) is 7.29. The van der Waals surface area contributed by atoms with E-state index in [-0.39, 0.29) is 18.4 Å². The molecule has 0 bridgehead atoms. The molecule has 2 amide bonds. The number of fused-ring (bicyclic) bond motifs is 1. The number of nitrogens with zero attached hydrogens (tertiary/aromatic N) is 2.